The average molecular weight is 392 g/mol. The lowest BCUT2D eigenvalue weighted by Crippen LogP contribution is -2.18. The number of methoxy groups -OCH3 is 2. The monoisotopic (exact) mass is 392 g/mol. The van der Waals surface area contributed by atoms with Crippen molar-refractivity contribution >= 4 is 21.4 Å². The second kappa shape index (κ2) is 8.49. The molecular formula is C19H24N2O5S. The van der Waals surface area contributed by atoms with Gasteiger partial charge in [-0.1, -0.05) is 0 Å². The van der Waals surface area contributed by atoms with E-state index in [0.29, 0.717) is 11.4 Å². The van der Waals surface area contributed by atoms with Gasteiger partial charge >= 0.3 is 0 Å². The largest absolute Gasteiger partial charge is 0.497 e. The molecule has 0 aliphatic carbocycles. The summed E-state index contributed by atoms with van der Waals surface area (Å²) in [5.41, 5.74) is 1.37. The number of hydrogen-bond donors (Lipinski definition) is 2. The normalized spacial score (nSPS) is 16.7. The summed E-state index contributed by atoms with van der Waals surface area (Å²) in [6.07, 6.45) is 2.40. The van der Waals surface area contributed by atoms with Crippen molar-refractivity contribution in [2.75, 3.05) is 37.4 Å². The molecule has 2 N–H and O–H groups in total. The minimum Gasteiger partial charge on any atom is -0.497 e. The predicted octanol–water partition coefficient (Wildman–Crippen LogP) is 3.10. The van der Waals surface area contributed by atoms with Gasteiger partial charge in [0.05, 0.1) is 20.3 Å². The van der Waals surface area contributed by atoms with E-state index in [1.165, 1.54) is 20.3 Å². The fraction of sp³-hybridized carbons (Fsp3) is 0.368. The van der Waals surface area contributed by atoms with E-state index in [9.17, 15) is 8.42 Å². The molecule has 7 nitrogen and oxygen atoms in total. The molecular weight excluding hydrogens is 368 g/mol. The number of hydrogen-bond acceptors (Lipinski definition) is 6. The third-order valence-electron chi connectivity index (χ3n) is 4.36. The molecule has 27 heavy (non-hydrogen) atoms. The van der Waals surface area contributed by atoms with Gasteiger partial charge in [-0.25, -0.2) is 8.42 Å². The molecule has 0 amide bonds. The van der Waals surface area contributed by atoms with Crippen LogP contribution in [-0.2, 0) is 14.8 Å². The second-order valence-electron chi connectivity index (χ2n) is 6.22. The maximum Gasteiger partial charge on any atom is 0.265 e. The van der Waals surface area contributed by atoms with Crippen LogP contribution in [-0.4, -0.2) is 41.9 Å². The zero-order chi connectivity index (χ0) is 19.3. The van der Waals surface area contributed by atoms with Gasteiger partial charge in [0.2, 0.25) is 0 Å². The summed E-state index contributed by atoms with van der Waals surface area (Å²) in [6.45, 7) is 1.56. The Kier molecular flexibility index (Phi) is 6.08. The van der Waals surface area contributed by atoms with Crippen molar-refractivity contribution in [1.29, 1.82) is 0 Å². The van der Waals surface area contributed by atoms with E-state index in [-0.39, 0.29) is 16.7 Å². The molecule has 1 aliphatic rings. The van der Waals surface area contributed by atoms with E-state index >= 15 is 0 Å². The van der Waals surface area contributed by atoms with Crippen LogP contribution in [0.3, 0.4) is 0 Å². The molecule has 1 fully saturated rings. The standard InChI is InChI=1S/C19H24N2O5S/c1-24-16-9-10-18(25-2)19(12-16)27(22,23)21-15-7-5-14(6-8-15)20-13-17-4-3-11-26-17/h5-10,12,17,20-21H,3-4,11,13H2,1-2H3. The van der Waals surface area contributed by atoms with E-state index in [4.69, 9.17) is 14.2 Å². The first-order valence-corrected chi connectivity index (χ1v) is 10.2. The minimum absolute atomic E-state index is 0.0185. The van der Waals surface area contributed by atoms with Gasteiger partial charge in [-0.3, -0.25) is 4.72 Å². The Morgan fingerprint density at radius 2 is 1.81 bits per heavy atom. The Bertz CT molecular complexity index is 862. The van der Waals surface area contributed by atoms with Crippen molar-refractivity contribution in [3.05, 3.63) is 42.5 Å². The highest BCUT2D eigenvalue weighted by Crippen LogP contribution is 2.30. The topological polar surface area (TPSA) is 85.9 Å². The lowest BCUT2D eigenvalue weighted by Gasteiger charge is -2.14. The van der Waals surface area contributed by atoms with Crippen molar-refractivity contribution in [3.8, 4) is 11.5 Å². The van der Waals surface area contributed by atoms with E-state index in [2.05, 4.69) is 10.0 Å². The first-order valence-electron chi connectivity index (χ1n) is 8.72. The molecule has 0 spiro atoms. The van der Waals surface area contributed by atoms with Crippen LogP contribution < -0.4 is 19.5 Å². The van der Waals surface area contributed by atoms with Gasteiger partial charge in [-0.15, -0.1) is 0 Å². The van der Waals surface area contributed by atoms with Crippen LogP contribution in [0.1, 0.15) is 12.8 Å². The van der Waals surface area contributed by atoms with Crippen molar-refractivity contribution in [1.82, 2.24) is 0 Å². The van der Waals surface area contributed by atoms with Crippen LogP contribution in [0.25, 0.3) is 0 Å². The summed E-state index contributed by atoms with van der Waals surface area (Å²) in [5, 5.41) is 3.30. The van der Waals surface area contributed by atoms with Crippen molar-refractivity contribution in [2.45, 2.75) is 23.8 Å². The molecule has 0 saturated carbocycles. The molecule has 2 aromatic rings. The maximum absolute atomic E-state index is 12.8. The zero-order valence-corrected chi connectivity index (χ0v) is 16.2. The highest BCUT2D eigenvalue weighted by atomic mass is 32.2. The highest BCUT2D eigenvalue weighted by Gasteiger charge is 2.21. The van der Waals surface area contributed by atoms with E-state index < -0.39 is 10.0 Å². The van der Waals surface area contributed by atoms with Crippen molar-refractivity contribution in [3.63, 3.8) is 0 Å². The Morgan fingerprint density at radius 1 is 1.07 bits per heavy atom. The molecule has 146 valence electrons. The summed E-state index contributed by atoms with van der Waals surface area (Å²) < 4.78 is 43.9. The Balaban J connectivity index is 1.70. The number of sulfonamides is 1. The number of nitrogens with one attached hydrogen (secondary N) is 2. The third kappa shape index (κ3) is 4.84. The lowest BCUT2D eigenvalue weighted by molar-refractivity contribution is 0.120. The molecule has 8 heteroatoms. The Morgan fingerprint density at radius 3 is 2.44 bits per heavy atom. The molecule has 1 saturated heterocycles. The highest BCUT2D eigenvalue weighted by molar-refractivity contribution is 7.92. The Hall–Kier alpha value is -2.45. The smallest absolute Gasteiger partial charge is 0.265 e. The van der Waals surface area contributed by atoms with Gasteiger partial charge in [0.1, 0.15) is 16.4 Å². The molecule has 1 aliphatic heterocycles. The van der Waals surface area contributed by atoms with E-state index in [1.807, 2.05) is 12.1 Å². The van der Waals surface area contributed by atoms with Gasteiger partial charge in [-0.05, 0) is 49.2 Å². The van der Waals surface area contributed by atoms with E-state index in [1.54, 1.807) is 24.3 Å². The van der Waals surface area contributed by atoms with Crippen LogP contribution in [0.5, 0.6) is 11.5 Å². The van der Waals surface area contributed by atoms with Gasteiger partial charge in [0, 0.05) is 30.6 Å². The summed E-state index contributed by atoms with van der Waals surface area (Å²) in [4.78, 5) is 0.0185. The molecule has 2 aromatic carbocycles. The molecule has 3 rings (SSSR count). The summed E-state index contributed by atoms with van der Waals surface area (Å²) in [6, 6.07) is 11.7. The fourth-order valence-electron chi connectivity index (χ4n) is 2.90. The summed E-state index contributed by atoms with van der Waals surface area (Å²) in [7, 11) is -0.916. The maximum atomic E-state index is 12.8. The summed E-state index contributed by atoms with van der Waals surface area (Å²) in [5.74, 6) is 0.683. The number of rotatable bonds is 8. The van der Waals surface area contributed by atoms with Crippen LogP contribution in [0, 0.1) is 0 Å². The molecule has 1 heterocycles. The summed E-state index contributed by atoms with van der Waals surface area (Å²) >= 11 is 0. The number of ether oxygens (including phenoxy) is 3. The average Bonchev–Trinajstić information content (AvgIpc) is 3.20. The zero-order valence-electron chi connectivity index (χ0n) is 15.4. The van der Waals surface area contributed by atoms with Crippen LogP contribution in [0.2, 0.25) is 0 Å². The van der Waals surface area contributed by atoms with Crippen LogP contribution >= 0.6 is 0 Å². The van der Waals surface area contributed by atoms with Crippen LogP contribution in [0.4, 0.5) is 11.4 Å². The first kappa shape index (κ1) is 19.3. The first-order chi connectivity index (χ1) is 13.0. The quantitative estimate of drug-likeness (QED) is 0.718. The number of benzene rings is 2. The molecule has 1 unspecified atom stereocenters. The SMILES string of the molecule is COc1ccc(OC)c(S(=O)(=O)Nc2ccc(NCC3CCCO3)cc2)c1. The molecule has 1 atom stereocenters. The van der Waals surface area contributed by atoms with Gasteiger partial charge < -0.3 is 19.5 Å². The van der Waals surface area contributed by atoms with E-state index in [0.717, 1.165) is 31.7 Å². The Labute approximate surface area is 159 Å². The van der Waals surface area contributed by atoms with Crippen molar-refractivity contribution < 1.29 is 22.6 Å². The van der Waals surface area contributed by atoms with Gasteiger partial charge in [0.25, 0.3) is 10.0 Å². The minimum atomic E-state index is -3.82. The second-order valence-corrected chi connectivity index (χ2v) is 7.87. The van der Waals surface area contributed by atoms with Crippen LogP contribution in [0.15, 0.2) is 47.4 Å². The van der Waals surface area contributed by atoms with Crippen molar-refractivity contribution in [2.24, 2.45) is 0 Å². The molecule has 0 bridgehead atoms. The predicted molar refractivity (Wildman–Crippen MR) is 104 cm³/mol. The third-order valence-corrected chi connectivity index (χ3v) is 5.76. The molecule has 0 aromatic heterocycles. The molecule has 0 radical (unpaired) electrons. The fourth-order valence-corrected chi connectivity index (χ4v) is 4.14. The lowest BCUT2D eigenvalue weighted by atomic mass is 10.2. The van der Waals surface area contributed by atoms with Gasteiger partial charge in [-0.2, -0.15) is 0 Å². The van der Waals surface area contributed by atoms with Gasteiger partial charge in [0.15, 0.2) is 0 Å². The number of anilines is 2.